The molecule has 0 bridgehead atoms. The lowest BCUT2D eigenvalue weighted by molar-refractivity contribution is -0.0108. The second kappa shape index (κ2) is 7.47. The minimum Gasteiger partial charge on any atom is -0.468 e. The number of amides is 1. The summed E-state index contributed by atoms with van der Waals surface area (Å²) < 4.78 is 37.4. The minimum absolute atomic E-state index is 0.0840. The van der Waals surface area contributed by atoms with Gasteiger partial charge in [0.25, 0.3) is 5.91 Å². The first-order valence-electron chi connectivity index (χ1n) is 7.47. The molecule has 1 saturated heterocycles. The van der Waals surface area contributed by atoms with Crippen LogP contribution in [0.5, 0.6) is 0 Å². The Morgan fingerprint density at radius 3 is 2.96 bits per heavy atom. The molecule has 2 aromatic heterocycles. The van der Waals surface area contributed by atoms with Crippen LogP contribution in [0, 0.1) is 0 Å². The molecule has 24 heavy (non-hydrogen) atoms. The molecule has 7 nitrogen and oxygen atoms in total. The van der Waals surface area contributed by atoms with Gasteiger partial charge in [0.1, 0.15) is 5.76 Å². The van der Waals surface area contributed by atoms with Gasteiger partial charge in [0, 0.05) is 13.1 Å². The van der Waals surface area contributed by atoms with E-state index in [-0.39, 0.29) is 24.7 Å². The third kappa shape index (κ3) is 4.44. The average Bonchev–Trinajstić information content (AvgIpc) is 3.26. The standard InChI is InChI=1S/C15H18N2O5S2/c18-15(14-4-2-8-23-14)17-5-7-22-13(10-17)11-24(19,20)16-9-12-3-1-6-21-12/h1-4,6,8,13,16H,5,7,9-11H2/t13-/m1/s1. The van der Waals surface area contributed by atoms with Crippen molar-refractivity contribution in [3.05, 3.63) is 46.5 Å². The molecule has 1 atom stereocenters. The number of carbonyl (C=O) groups is 1. The van der Waals surface area contributed by atoms with Gasteiger partial charge in [0.15, 0.2) is 0 Å². The molecule has 2 aromatic rings. The summed E-state index contributed by atoms with van der Waals surface area (Å²) in [5, 5.41) is 1.84. The van der Waals surface area contributed by atoms with Crippen LogP contribution in [0.15, 0.2) is 40.3 Å². The highest BCUT2D eigenvalue weighted by Gasteiger charge is 2.29. The van der Waals surface area contributed by atoms with Gasteiger partial charge >= 0.3 is 0 Å². The van der Waals surface area contributed by atoms with Crippen molar-refractivity contribution in [2.24, 2.45) is 0 Å². The van der Waals surface area contributed by atoms with Crippen molar-refractivity contribution in [2.75, 3.05) is 25.4 Å². The molecule has 1 aliphatic heterocycles. The fourth-order valence-electron chi connectivity index (χ4n) is 2.46. The quantitative estimate of drug-likeness (QED) is 0.828. The second-order valence-corrected chi connectivity index (χ2v) is 8.20. The molecule has 0 aliphatic carbocycles. The van der Waals surface area contributed by atoms with Crippen molar-refractivity contribution in [2.45, 2.75) is 12.6 Å². The monoisotopic (exact) mass is 370 g/mol. The van der Waals surface area contributed by atoms with Crippen LogP contribution in [0.25, 0.3) is 0 Å². The van der Waals surface area contributed by atoms with Gasteiger partial charge in [0.2, 0.25) is 10.0 Å². The van der Waals surface area contributed by atoms with Crippen molar-refractivity contribution in [1.82, 2.24) is 9.62 Å². The number of carbonyl (C=O) groups excluding carboxylic acids is 1. The topological polar surface area (TPSA) is 88.8 Å². The lowest BCUT2D eigenvalue weighted by atomic mass is 10.3. The van der Waals surface area contributed by atoms with Gasteiger partial charge in [-0.3, -0.25) is 4.79 Å². The number of nitrogens with zero attached hydrogens (tertiary/aromatic N) is 1. The van der Waals surface area contributed by atoms with Crippen molar-refractivity contribution in [1.29, 1.82) is 0 Å². The maximum atomic E-state index is 12.4. The zero-order valence-corrected chi connectivity index (χ0v) is 14.5. The Hall–Kier alpha value is -1.68. The zero-order chi connectivity index (χ0) is 17.0. The fraction of sp³-hybridized carbons (Fsp3) is 0.400. The van der Waals surface area contributed by atoms with E-state index >= 15 is 0 Å². The number of nitrogens with one attached hydrogen (secondary N) is 1. The highest BCUT2D eigenvalue weighted by molar-refractivity contribution is 7.89. The molecule has 0 radical (unpaired) electrons. The first kappa shape index (κ1) is 17.2. The van der Waals surface area contributed by atoms with Gasteiger partial charge in [-0.15, -0.1) is 11.3 Å². The second-order valence-electron chi connectivity index (χ2n) is 5.40. The molecule has 9 heteroatoms. The Morgan fingerprint density at radius 2 is 2.25 bits per heavy atom. The van der Waals surface area contributed by atoms with E-state index in [0.717, 1.165) is 0 Å². The van der Waals surface area contributed by atoms with Crippen LogP contribution in [0.3, 0.4) is 0 Å². The van der Waals surface area contributed by atoms with Gasteiger partial charge in [-0.05, 0) is 23.6 Å². The van der Waals surface area contributed by atoms with Crippen LogP contribution in [-0.4, -0.2) is 50.8 Å². The molecule has 1 aliphatic rings. The molecule has 3 heterocycles. The van der Waals surface area contributed by atoms with Gasteiger partial charge in [-0.2, -0.15) is 0 Å². The largest absolute Gasteiger partial charge is 0.468 e. The number of rotatable bonds is 6. The van der Waals surface area contributed by atoms with E-state index in [4.69, 9.17) is 9.15 Å². The molecule has 1 N–H and O–H groups in total. The third-order valence-electron chi connectivity index (χ3n) is 3.61. The fourth-order valence-corrected chi connectivity index (χ4v) is 4.32. The van der Waals surface area contributed by atoms with Crippen molar-refractivity contribution >= 4 is 27.3 Å². The van der Waals surface area contributed by atoms with Crippen LogP contribution < -0.4 is 4.72 Å². The van der Waals surface area contributed by atoms with Crippen LogP contribution >= 0.6 is 11.3 Å². The average molecular weight is 370 g/mol. The number of ether oxygens (including phenoxy) is 1. The van der Waals surface area contributed by atoms with E-state index in [9.17, 15) is 13.2 Å². The zero-order valence-electron chi connectivity index (χ0n) is 12.9. The molecule has 0 saturated carbocycles. The first-order chi connectivity index (χ1) is 11.5. The Kier molecular flexibility index (Phi) is 5.34. The van der Waals surface area contributed by atoms with E-state index in [2.05, 4.69) is 4.72 Å². The molecule has 0 spiro atoms. The van der Waals surface area contributed by atoms with Crippen LogP contribution in [-0.2, 0) is 21.3 Å². The molecular weight excluding hydrogens is 352 g/mol. The van der Waals surface area contributed by atoms with Crippen molar-refractivity contribution in [3.63, 3.8) is 0 Å². The summed E-state index contributed by atoms with van der Waals surface area (Å²) in [5.74, 6) is 0.263. The van der Waals surface area contributed by atoms with Crippen LogP contribution in [0.1, 0.15) is 15.4 Å². The summed E-state index contributed by atoms with van der Waals surface area (Å²) in [5.41, 5.74) is 0. The van der Waals surface area contributed by atoms with Crippen LogP contribution in [0.4, 0.5) is 0 Å². The number of thiophene rings is 1. The lowest BCUT2D eigenvalue weighted by Gasteiger charge is -2.32. The SMILES string of the molecule is O=C(c1cccs1)N1CCO[C@@H](CS(=O)(=O)NCc2ccco2)C1. The Morgan fingerprint density at radius 1 is 1.38 bits per heavy atom. The summed E-state index contributed by atoms with van der Waals surface area (Å²) in [6.45, 7) is 1.15. The van der Waals surface area contributed by atoms with Crippen LogP contribution in [0.2, 0.25) is 0 Å². The van der Waals surface area contributed by atoms with Crippen molar-refractivity contribution < 1.29 is 22.4 Å². The highest BCUT2D eigenvalue weighted by atomic mass is 32.2. The summed E-state index contributed by atoms with van der Waals surface area (Å²) in [7, 11) is -3.53. The molecule has 1 amide bonds. The maximum absolute atomic E-state index is 12.4. The normalized spacial score (nSPS) is 18.7. The van der Waals surface area contributed by atoms with Gasteiger partial charge < -0.3 is 14.1 Å². The predicted octanol–water partition coefficient (Wildman–Crippen LogP) is 1.30. The number of morpholine rings is 1. The summed E-state index contributed by atoms with van der Waals surface area (Å²) in [6, 6.07) is 6.97. The van der Waals surface area contributed by atoms with Gasteiger partial charge in [-0.25, -0.2) is 13.1 Å². The first-order valence-corrected chi connectivity index (χ1v) is 10.0. The van der Waals surface area contributed by atoms with Gasteiger partial charge in [0.05, 0.1) is 36.1 Å². The summed E-state index contributed by atoms with van der Waals surface area (Å²) in [6.07, 6.45) is 0.943. The Bertz CT molecular complexity index is 756. The minimum atomic E-state index is -3.53. The van der Waals surface area contributed by atoms with Crippen molar-refractivity contribution in [3.8, 4) is 0 Å². The lowest BCUT2D eigenvalue weighted by Crippen LogP contribution is -2.48. The van der Waals surface area contributed by atoms with E-state index < -0.39 is 16.1 Å². The van der Waals surface area contributed by atoms with E-state index in [1.165, 1.54) is 17.6 Å². The molecule has 0 unspecified atom stereocenters. The van der Waals surface area contributed by atoms with E-state index in [1.807, 2.05) is 11.4 Å². The summed E-state index contributed by atoms with van der Waals surface area (Å²) in [4.78, 5) is 14.6. The van der Waals surface area contributed by atoms with E-state index in [0.29, 0.717) is 23.8 Å². The molecule has 130 valence electrons. The molecule has 1 fully saturated rings. The molecule has 0 aromatic carbocycles. The number of hydrogen-bond donors (Lipinski definition) is 1. The Labute approximate surface area is 144 Å². The third-order valence-corrected chi connectivity index (χ3v) is 5.86. The predicted molar refractivity (Wildman–Crippen MR) is 89.3 cm³/mol. The Balaban J connectivity index is 1.55. The number of hydrogen-bond acceptors (Lipinski definition) is 6. The number of furan rings is 1. The summed E-state index contributed by atoms with van der Waals surface area (Å²) >= 11 is 1.37. The smallest absolute Gasteiger partial charge is 0.264 e. The van der Waals surface area contributed by atoms with Gasteiger partial charge in [-0.1, -0.05) is 6.07 Å². The number of sulfonamides is 1. The molecule has 3 rings (SSSR count). The van der Waals surface area contributed by atoms with E-state index in [1.54, 1.807) is 23.1 Å². The highest BCUT2D eigenvalue weighted by Crippen LogP contribution is 2.15. The molecular formula is C15H18N2O5S2. The maximum Gasteiger partial charge on any atom is 0.264 e.